The molecular formula is C24H29N5OSi. The van der Waals surface area contributed by atoms with Crippen molar-refractivity contribution in [2.24, 2.45) is 0 Å². The molecule has 4 aromatic rings. The Morgan fingerprint density at radius 1 is 0.968 bits per heavy atom. The molecule has 0 aliphatic rings. The van der Waals surface area contributed by atoms with E-state index >= 15 is 0 Å². The second-order valence-corrected chi connectivity index (χ2v) is 14.1. The Morgan fingerprint density at radius 3 is 2.32 bits per heavy atom. The van der Waals surface area contributed by atoms with Crippen molar-refractivity contribution in [3.05, 3.63) is 66.5 Å². The van der Waals surface area contributed by atoms with Gasteiger partial charge < -0.3 is 10.2 Å². The van der Waals surface area contributed by atoms with Crippen LogP contribution in [0.25, 0.3) is 28.2 Å². The van der Waals surface area contributed by atoms with Crippen molar-refractivity contribution in [1.29, 1.82) is 0 Å². The molecule has 7 heteroatoms. The number of rotatable bonds is 5. The normalized spacial score (nSPS) is 12.4. The molecule has 0 aliphatic heterocycles. The predicted molar refractivity (Wildman–Crippen MR) is 128 cm³/mol. The molecule has 0 bridgehead atoms. The summed E-state index contributed by atoms with van der Waals surface area (Å²) >= 11 is 0. The van der Waals surface area contributed by atoms with E-state index < -0.39 is 8.32 Å². The van der Waals surface area contributed by atoms with Gasteiger partial charge in [-0.3, -0.25) is 4.57 Å². The first-order valence-corrected chi connectivity index (χ1v) is 13.4. The number of imidazole rings is 1. The van der Waals surface area contributed by atoms with Crippen LogP contribution in [-0.2, 0) is 11.0 Å². The summed E-state index contributed by atoms with van der Waals surface area (Å²) < 4.78 is 8.40. The Hall–Kier alpha value is -3.03. The molecule has 6 nitrogen and oxygen atoms in total. The molecule has 1 aromatic carbocycles. The molecule has 160 valence electrons. The summed E-state index contributed by atoms with van der Waals surface area (Å²) in [6.07, 6.45) is 3.46. The van der Waals surface area contributed by atoms with Crippen LogP contribution >= 0.6 is 0 Å². The van der Waals surface area contributed by atoms with Crippen LogP contribution in [0.5, 0.6) is 0 Å². The molecule has 0 saturated heterocycles. The molecule has 4 rings (SSSR count). The highest BCUT2D eigenvalue weighted by molar-refractivity contribution is 6.74. The van der Waals surface area contributed by atoms with E-state index in [1.807, 2.05) is 28.8 Å². The second-order valence-electron chi connectivity index (χ2n) is 9.27. The number of pyridine rings is 2. The maximum absolute atomic E-state index is 6.37. The van der Waals surface area contributed by atoms with E-state index in [0.29, 0.717) is 12.4 Å². The number of anilines is 1. The lowest BCUT2D eigenvalue weighted by molar-refractivity contribution is 0.276. The standard InChI is InChI=1S/C24H29N5OSi/c1-24(2,3)31(4,5)30-16-17-10-12-18(13-11-17)29-22(19-8-6-14-26-21(19)25)28-20-9-7-15-27-23(20)29/h6-15H,16H2,1-5H3,(H2,25,26). The number of hydrogen-bond donors (Lipinski definition) is 1. The van der Waals surface area contributed by atoms with Crippen molar-refractivity contribution in [3.8, 4) is 17.1 Å². The molecule has 0 amide bonds. The molecule has 0 spiro atoms. The maximum atomic E-state index is 6.37. The van der Waals surface area contributed by atoms with Gasteiger partial charge in [-0.15, -0.1) is 0 Å². The van der Waals surface area contributed by atoms with E-state index in [0.717, 1.165) is 33.8 Å². The zero-order valence-corrected chi connectivity index (χ0v) is 19.8. The van der Waals surface area contributed by atoms with Crippen LogP contribution in [0.15, 0.2) is 60.9 Å². The molecule has 2 N–H and O–H groups in total. The Labute approximate surface area is 184 Å². The molecule has 0 fully saturated rings. The minimum Gasteiger partial charge on any atom is -0.413 e. The maximum Gasteiger partial charge on any atom is 0.192 e. The largest absolute Gasteiger partial charge is 0.413 e. The summed E-state index contributed by atoms with van der Waals surface area (Å²) in [5, 5.41) is 0.187. The summed E-state index contributed by atoms with van der Waals surface area (Å²) in [6.45, 7) is 11.9. The van der Waals surface area contributed by atoms with Crippen LogP contribution in [0.1, 0.15) is 26.3 Å². The topological polar surface area (TPSA) is 78.9 Å². The average Bonchev–Trinajstić information content (AvgIpc) is 3.11. The molecule has 0 saturated carbocycles. The van der Waals surface area contributed by atoms with Gasteiger partial charge in [0, 0.05) is 18.1 Å². The number of benzene rings is 1. The highest BCUT2D eigenvalue weighted by Crippen LogP contribution is 2.37. The molecule has 0 unspecified atom stereocenters. The van der Waals surface area contributed by atoms with Crippen LogP contribution in [-0.4, -0.2) is 27.8 Å². The van der Waals surface area contributed by atoms with Crippen LogP contribution in [0.2, 0.25) is 18.1 Å². The van der Waals surface area contributed by atoms with Gasteiger partial charge in [-0.05, 0) is 60.1 Å². The number of nitrogens with zero attached hydrogens (tertiary/aromatic N) is 4. The minimum absolute atomic E-state index is 0.187. The van der Waals surface area contributed by atoms with Gasteiger partial charge in [0.25, 0.3) is 0 Å². The Bertz CT molecular complexity index is 1210. The van der Waals surface area contributed by atoms with Crippen LogP contribution in [0.3, 0.4) is 0 Å². The number of fused-ring (bicyclic) bond motifs is 1. The lowest BCUT2D eigenvalue weighted by atomic mass is 10.2. The average molecular weight is 432 g/mol. The highest BCUT2D eigenvalue weighted by Gasteiger charge is 2.37. The Balaban J connectivity index is 1.71. The fourth-order valence-electron chi connectivity index (χ4n) is 3.17. The van der Waals surface area contributed by atoms with Gasteiger partial charge in [0.15, 0.2) is 19.8 Å². The van der Waals surface area contributed by atoms with Crippen molar-refractivity contribution in [2.45, 2.75) is 45.5 Å². The van der Waals surface area contributed by atoms with Crippen molar-refractivity contribution in [3.63, 3.8) is 0 Å². The number of nitrogens with two attached hydrogens (primary N) is 1. The molecule has 31 heavy (non-hydrogen) atoms. The third kappa shape index (κ3) is 4.11. The summed E-state index contributed by atoms with van der Waals surface area (Å²) in [6, 6.07) is 16.0. The van der Waals surface area contributed by atoms with E-state index in [4.69, 9.17) is 15.1 Å². The zero-order chi connectivity index (χ0) is 22.2. The summed E-state index contributed by atoms with van der Waals surface area (Å²) in [4.78, 5) is 13.6. The van der Waals surface area contributed by atoms with Crippen molar-refractivity contribution >= 4 is 25.3 Å². The lowest BCUT2D eigenvalue weighted by Crippen LogP contribution is -2.40. The van der Waals surface area contributed by atoms with Gasteiger partial charge in [-0.2, -0.15) is 0 Å². The van der Waals surface area contributed by atoms with Gasteiger partial charge in [0.2, 0.25) is 0 Å². The first-order valence-electron chi connectivity index (χ1n) is 10.4. The van der Waals surface area contributed by atoms with Crippen LogP contribution in [0.4, 0.5) is 5.82 Å². The predicted octanol–water partition coefficient (Wildman–Crippen LogP) is 5.59. The number of hydrogen-bond acceptors (Lipinski definition) is 5. The minimum atomic E-state index is -1.80. The third-order valence-electron chi connectivity index (χ3n) is 6.10. The first-order chi connectivity index (χ1) is 14.7. The van der Waals surface area contributed by atoms with Crippen LogP contribution in [0, 0.1) is 0 Å². The summed E-state index contributed by atoms with van der Waals surface area (Å²) in [5.41, 5.74) is 10.7. The third-order valence-corrected chi connectivity index (χ3v) is 10.6. The van der Waals surface area contributed by atoms with Crippen molar-refractivity contribution < 1.29 is 4.43 Å². The van der Waals surface area contributed by atoms with Gasteiger partial charge in [-0.25, -0.2) is 15.0 Å². The van der Waals surface area contributed by atoms with E-state index in [9.17, 15) is 0 Å². The Morgan fingerprint density at radius 2 is 1.65 bits per heavy atom. The molecule has 0 radical (unpaired) electrons. The van der Waals surface area contributed by atoms with E-state index in [1.54, 1.807) is 12.4 Å². The lowest BCUT2D eigenvalue weighted by Gasteiger charge is -2.36. The fourth-order valence-corrected chi connectivity index (χ4v) is 4.13. The molecule has 3 aromatic heterocycles. The summed E-state index contributed by atoms with van der Waals surface area (Å²) in [5.74, 6) is 1.17. The van der Waals surface area contributed by atoms with E-state index in [-0.39, 0.29) is 5.04 Å². The number of aromatic nitrogens is 4. The van der Waals surface area contributed by atoms with Gasteiger partial charge in [-0.1, -0.05) is 32.9 Å². The van der Waals surface area contributed by atoms with Crippen molar-refractivity contribution in [1.82, 2.24) is 19.5 Å². The monoisotopic (exact) mass is 431 g/mol. The van der Waals surface area contributed by atoms with Gasteiger partial charge >= 0.3 is 0 Å². The van der Waals surface area contributed by atoms with Crippen molar-refractivity contribution in [2.75, 3.05) is 5.73 Å². The van der Waals surface area contributed by atoms with E-state index in [2.05, 4.69) is 68.1 Å². The van der Waals surface area contributed by atoms with Crippen LogP contribution < -0.4 is 5.73 Å². The molecule has 3 heterocycles. The smallest absolute Gasteiger partial charge is 0.192 e. The van der Waals surface area contributed by atoms with Gasteiger partial charge in [0.05, 0.1) is 12.2 Å². The number of nitrogen functional groups attached to an aromatic ring is 1. The van der Waals surface area contributed by atoms with E-state index in [1.165, 1.54) is 0 Å². The first kappa shape index (κ1) is 21.2. The Kier molecular flexibility index (Phi) is 5.41. The fraction of sp³-hybridized carbons (Fsp3) is 0.292. The summed E-state index contributed by atoms with van der Waals surface area (Å²) in [7, 11) is -1.80. The highest BCUT2D eigenvalue weighted by atomic mass is 28.4. The second kappa shape index (κ2) is 7.90. The molecular weight excluding hydrogens is 402 g/mol. The molecule has 0 atom stereocenters. The molecule has 0 aliphatic carbocycles. The quantitative estimate of drug-likeness (QED) is 0.417. The zero-order valence-electron chi connectivity index (χ0n) is 18.8. The SMILES string of the molecule is CC(C)(C)[Si](C)(C)OCc1ccc(-n2c(-c3cccnc3N)nc3cccnc32)cc1. The van der Waals surface area contributed by atoms with Gasteiger partial charge in [0.1, 0.15) is 11.3 Å².